The smallest absolute Gasteiger partial charge is 0.224 e. The molecule has 7 heteroatoms. The number of nitrogens with zero attached hydrogens (tertiary/aromatic N) is 2. The lowest BCUT2D eigenvalue weighted by Gasteiger charge is -2.09. The van der Waals surface area contributed by atoms with Gasteiger partial charge in [0.15, 0.2) is 18.3 Å². The summed E-state index contributed by atoms with van der Waals surface area (Å²) in [6.07, 6.45) is 0.362. The van der Waals surface area contributed by atoms with Crippen LogP contribution in [-0.2, 0) is 11.5 Å². The van der Waals surface area contributed by atoms with Crippen molar-refractivity contribution < 1.29 is 18.3 Å². The number of benzene rings is 1. The third kappa shape index (κ3) is 3.41. The molecule has 2 rings (SSSR count). The Morgan fingerprint density at radius 3 is 2.73 bits per heavy atom. The minimum Gasteiger partial charge on any atom is -0.468 e. The van der Waals surface area contributed by atoms with Gasteiger partial charge in [-0.15, -0.1) is 0 Å². The zero-order valence-electron chi connectivity index (χ0n) is 12.6. The van der Waals surface area contributed by atoms with Gasteiger partial charge >= 0.3 is 0 Å². The van der Waals surface area contributed by atoms with Crippen molar-refractivity contribution in [2.24, 2.45) is 0 Å². The van der Waals surface area contributed by atoms with Crippen LogP contribution in [0.4, 0.5) is 14.5 Å². The summed E-state index contributed by atoms with van der Waals surface area (Å²) >= 11 is 0. The van der Waals surface area contributed by atoms with Crippen LogP contribution in [0.3, 0.4) is 0 Å². The number of anilines is 1. The first-order chi connectivity index (χ1) is 10.4. The van der Waals surface area contributed by atoms with Crippen LogP contribution in [0.5, 0.6) is 5.75 Å². The summed E-state index contributed by atoms with van der Waals surface area (Å²) in [5, 5.41) is 7.00. The van der Waals surface area contributed by atoms with E-state index in [0.29, 0.717) is 23.5 Å². The molecule has 0 aliphatic carbocycles. The first kappa shape index (κ1) is 15.9. The summed E-state index contributed by atoms with van der Waals surface area (Å²) in [6.45, 7) is 5.24. The molecule has 0 saturated carbocycles. The number of ether oxygens (including phenoxy) is 1. The molecule has 1 heterocycles. The Morgan fingerprint density at radius 2 is 2.09 bits per heavy atom. The van der Waals surface area contributed by atoms with Crippen LogP contribution in [0.1, 0.15) is 24.7 Å². The largest absolute Gasteiger partial charge is 0.468 e. The maximum absolute atomic E-state index is 13.5. The van der Waals surface area contributed by atoms with E-state index < -0.39 is 11.6 Å². The zero-order valence-corrected chi connectivity index (χ0v) is 12.6. The van der Waals surface area contributed by atoms with Gasteiger partial charge in [-0.05, 0) is 26.0 Å². The van der Waals surface area contributed by atoms with E-state index in [1.54, 1.807) is 20.8 Å². The molecule has 2 aromatic rings. The quantitative estimate of drug-likeness (QED) is 0.923. The second kappa shape index (κ2) is 6.55. The molecule has 0 unspecified atom stereocenters. The summed E-state index contributed by atoms with van der Waals surface area (Å²) in [5.41, 5.74) is 1.96. The molecule has 0 radical (unpaired) electrons. The van der Waals surface area contributed by atoms with Gasteiger partial charge in [0.1, 0.15) is 5.82 Å². The van der Waals surface area contributed by atoms with E-state index in [9.17, 15) is 13.6 Å². The Kier molecular flexibility index (Phi) is 4.75. The van der Waals surface area contributed by atoms with Crippen molar-refractivity contribution in [3.63, 3.8) is 0 Å². The van der Waals surface area contributed by atoms with E-state index in [1.807, 2.05) is 0 Å². The molecule has 1 aromatic heterocycles. The van der Waals surface area contributed by atoms with Gasteiger partial charge in [0.05, 0.1) is 17.1 Å². The van der Waals surface area contributed by atoms with Crippen LogP contribution in [0.25, 0.3) is 0 Å². The molecule has 5 nitrogen and oxygen atoms in total. The van der Waals surface area contributed by atoms with Crippen LogP contribution in [0, 0.1) is 25.5 Å². The fourth-order valence-electron chi connectivity index (χ4n) is 1.95. The molecular formula is C15H17F2N3O2. The van der Waals surface area contributed by atoms with E-state index in [1.165, 1.54) is 10.7 Å². The summed E-state index contributed by atoms with van der Waals surface area (Å²) in [7, 11) is 0. The fourth-order valence-corrected chi connectivity index (χ4v) is 1.95. The zero-order chi connectivity index (χ0) is 16.3. The topological polar surface area (TPSA) is 56.2 Å². The van der Waals surface area contributed by atoms with Crippen LogP contribution in [-0.4, -0.2) is 15.7 Å². The summed E-state index contributed by atoms with van der Waals surface area (Å²) < 4.78 is 33.1. The van der Waals surface area contributed by atoms with Crippen molar-refractivity contribution in [3.8, 4) is 5.75 Å². The Balaban J connectivity index is 2.13. The average Bonchev–Trinajstić information content (AvgIpc) is 2.74. The first-order valence-electron chi connectivity index (χ1n) is 6.84. The van der Waals surface area contributed by atoms with Gasteiger partial charge in [-0.3, -0.25) is 4.79 Å². The Hall–Kier alpha value is -2.44. The van der Waals surface area contributed by atoms with Gasteiger partial charge in [-0.25, -0.2) is 13.5 Å². The van der Waals surface area contributed by atoms with Gasteiger partial charge < -0.3 is 10.1 Å². The molecule has 0 atom stereocenters. The van der Waals surface area contributed by atoms with Crippen LogP contribution in [0.15, 0.2) is 18.2 Å². The van der Waals surface area contributed by atoms with E-state index in [-0.39, 0.29) is 18.4 Å². The Morgan fingerprint density at radius 1 is 1.36 bits per heavy atom. The van der Waals surface area contributed by atoms with Crippen molar-refractivity contribution in [1.29, 1.82) is 0 Å². The molecule has 1 amide bonds. The standard InChI is InChI=1S/C15H17F2N3O2/c1-4-14(21)18-15-9(2)19-20(10(15)3)8-22-13-6-5-11(16)7-12(13)17/h5-7H,4,8H2,1-3H3,(H,18,21). The lowest BCUT2D eigenvalue weighted by molar-refractivity contribution is -0.115. The highest BCUT2D eigenvalue weighted by atomic mass is 19.1. The van der Waals surface area contributed by atoms with Gasteiger partial charge in [0.25, 0.3) is 0 Å². The van der Waals surface area contributed by atoms with Crippen LogP contribution >= 0.6 is 0 Å². The predicted octanol–water partition coefficient (Wildman–Crippen LogP) is 3.16. The highest BCUT2D eigenvalue weighted by Gasteiger charge is 2.14. The number of nitrogens with one attached hydrogen (secondary N) is 1. The summed E-state index contributed by atoms with van der Waals surface area (Å²) in [5.74, 6) is -1.62. The van der Waals surface area contributed by atoms with Gasteiger partial charge in [-0.2, -0.15) is 5.10 Å². The molecule has 0 aliphatic rings. The minimum absolute atomic E-state index is 0.0444. The van der Waals surface area contributed by atoms with E-state index in [0.717, 1.165) is 12.1 Å². The Bertz CT molecular complexity index is 698. The molecule has 0 spiro atoms. The number of aryl methyl sites for hydroxylation is 1. The highest BCUT2D eigenvalue weighted by Crippen LogP contribution is 2.22. The number of halogens is 2. The molecule has 1 N–H and O–H groups in total. The minimum atomic E-state index is -0.777. The van der Waals surface area contributed by atoms with Crippen molar-refractivity contribution >= 4 is 11.6 Å². The molecule has 118 valence electrons. The van der Waals surface area contributed by atoms with Crippen LogP contribution < -0.4 is 10.1 Å². The second-order valence-corrected chi connectivity index (χ2v) is 4.80. The van der Waals surface area contributed by atoms with Gasteiger partial charge in [0, 0.05) is 12.5 Å². The molecular weight excluding hydrogens is 292 g/mol. The molecule has 1 aromatic carbocycles. The second-order valence-electron chi connectivity index (χ2n) is 4.80. The van der Waals surface area contributed by atoms with Crippen molar-refractivity contribution in [2.75, 3.05) is 5.32 Å². The molecule has 0 bridgehead atoms. The number of carbonyl (C=O) groups is 1. The average molecular weight is 309 g/mol. The summed E-state index contributed by atoms with van der Waals surface area (Å²) in [4.78, 5) is 11.5. The lowest BCUT2D eigenvalue weighted by atomic mass is 10.3. The number of hydrogen-bond donors (Lipinski definition) is 1. The number of carbonyl (C=O) groups excluding carboxylic acids is 1. The number of hydrogen-bond acceptors (Lipinski definition) is 3. The van der Waals surface area contributed by atoms with Crippen molar-refractivity contribution in [3.05, 3.63) is 41.2 Å². The molecule has 22 heavy (non-hydrogen) atoms. The highest BCUT2D eigenvalue weighted by molar-refractivity contribution is 5.91. The third-order valence-corrected chi connectivity index (χ3v) is 3.20. The van der Waals surface area contributed by atoms with E-state index in [4.69, 9.17) is 4.74 Å². The van der Waals surface area contributed by atoms with Crippen molar-refractivity contribution in [1.82, 2.24) is 9.78 Å². The van der Waals surface area contributed by atoms with Crippen LogP contribution in [0.2, 0.25) is 0 Å². The first-order valence-corrected chi connectivity index (χ1v) is 6.84. The molecule has 0 saturated heterocycles. The fraction of sp³-hybridized carbons (Fsp3) is 0.333. The molecule has 0 fully saturated rings. The van der Waals surface area contributed by atoms with E-state index in [2.05, 4.69) is 10.4 Å². The number of aromatic nitrogens is 2. The number of rotatable bonds is 5. The van der Waals surface area contributed by atoms with E-state index >= 15 is 0 Å². The normalized spacial score (nSPS) is 10.6. The third-order valence-electron chi connectivity index (χ3n) is 3.20. The maximum atomic E-state index is 13.5. The Labute approximate surface area is 126 Å². The number of amides is 1. The van der Waals surface area contributed by atoms with Gasteiger partial charge in [0.2, 0.25) is 5.91 Å². The lowest BCUT2D eigenvalue weighted by Crippen LogP contribution is -2.12. The molecule has 0 aliphatic heterocycles. The SMILES string of the molecule is CCC(=O)Nc1c(C)nn(COc2ccc(F)cc2F)c1C. The summed E-state index contributed by atoms with van der Waals surface area (Å²) in [6, 6.07) is 3.09. The maximum Gasteiger partial charge on any atom is 0.224 e. The predicted molar refractivity (Wildman–Crippen MR) is 77.6 cm³/mol. The van der Waals surface area contributed by atoms with Gasteiger partial charge in [-0.1, -0.05) is 6.92 Å². The monoisotopic (exact) mass is 309 g/mol. The van der Waals surface area contributed by atoms with Crippen molar-refractivity contribution in [2.45, 2.75) is 33.9 Å².